The third-order valence-corrected chi connectivity index (χ3v) is 9.88. The van der Waals surface area contributed by atoms with E-state index in [0.717, 1.165) is 76.5 Å². The van der Waals surface area contributed by atoms with Gasteiger partial charge >= 0.3 is 11.9 Å². The largest absolute Gasteiger partial charge is 0.394 e. The number of carbonyl (C=O) groups excluding carboxylic acids is 2. The molecule has 0 rings (SSSR count). The van der Waals surface area contributed by atoms with Crippen LogP contribution in [0.15, 0.2) is 12.2 Å². The molecule has 0 bridgehead atoms. The first-order valence-corrected chi connectivity index (χ1v) is 20.8. The topological polar surface area (TPSA) is 145 Å². The zero-order valence-corrected chi connectivity index (χ0v) is 32.6. The Labute approximate surface area is 306 Å². The van der Waals surface area contributed by atoms with Crippen LogP contribution in [0.5, 0.6) is 0 Å². The molecular formula is C42H80O8. The SMILES string of the molecule is CCCCCC[C@@H](O)C/C=C\CCCCCCC(CC(O)CO)C(=O)OC(=O)C(CCCCCCCCCCCCCC(C)C)CC(O)CO. The van der Waals surface area contributed by atoms with Gasteiger partial charge in [-0.15, -0.1) is 0 Å². The second kappa shape index (κ2) is 34.7. The van der Waals surface area contributed by atoms with E-state index in [4.69, 9.17) is 4.74 Å². The maximum absolute atomic E-state index is 13.1. The lowest BCUT2D eigenvalue weighted by atomic mass is 9.93. The molecule has 0 aromatic rings. The van der Waals surface area contributed by atoms with Gasteiger partial charge < -0.3 is 30.3 Å². The molecule has 8 heteroatoms. The second-order valence-electron chi connectivity index (χ2n) is 15.3. The monoisotopic (exact) mass is 713 g/mol. The summed E-state index contributed by atoms with van der Waals surface area (Å²) in [5.74, 6) is -1.97. The molecule has 0 aliphatic rings. The summed E-state index contributed by atoms with van der Waals surface area (Å²) in [6.07, 6.45) is 28.0. The Morgan fingerprint density at radius 3 is 1.36 bits per heavy atom. The van der Waals surface area contributed by atoms with Gasteiger partial charge in [-0.1, -0.05) is 155 Å². The van der Waals surface area contributed by atoms with Crippen molar-refractivity contribution in [2.75, 3.05) is 13.2 Å². The average molecular weight is 713 g/mol. The highest BCUT2D eigenvalue weighted by Crippen LogP contribution is 2.23. The van der Waals surface area contributed by atoms with Gasteiger partial charge in [0.1, 0.15) is 0 Å². The fourth-order valence-electron chi connectivity index (χ4n) is 6.57. The molecule has 0 aromatic carbocycles. The summed E-state index contributed by atoms with van der Waals surface area (Å²) in [5, 5.41) is 49.0. The highest BCUT2D eigenvalue weighted by molar-refractivity contribution is 5.88. The second-order valence-corrected chi connectivity index (χ2v) is 15.3. The maximum Gasteiger partial charge on any atom is 0.316 e. The average Bonchev–Trinajstić information content (AvgIpc) is 3.09. The Morgan fingerprint density at radius 1 is 0.520 bits per heavy atom. The first-order valence-electron chi connectivity index (χ1n) is 20.8. The lowest BCUT2D eigenvalue weighted by Crippen LogP contribution is -2.31. The predicted octanol–water partition coefficient (Wildman–Crippen LogP) is 9.12. The van der Waals surface area contributed by atoms with Crippen LogP contribution in [0.25, 0.3) is 0 Å². The number of ether oxygens (including phenoxy) is 1. The van der Waals surface area contributed by atoms with Gasteiger partial charge in [0.25, 0.3) is 0 Å². The molecule has 5 N–H and O–H groups in total. The molecule has 0 heterocycles. The van der Waals surface area contributed by atoms with Crippen LogP contribution in [-0.2, 0) is 14.3 Å². The molecule has 0 aliphatic carbocycles. The molecule has 8 nitrogen and oxygen atoms in total. The first-order chi connectivity index (χ1) is 24.1. The standard InChI is InChI=1S/C42H80O8/c1-4-5-6-24-29-38(45)30-25-20-16-12-15-19-23-28-37(32-40(47)34-44)42(49)50-41(48)36(31-39(46)33-43)27-22-18-14-11-9-7-8-10-13-17-21-26-35(2)3/h20,25,35-40,43-47H,4-19,21-24,26-34H2,1-3H3/b25-20-/t36?,37?,38-,39?,40?/m1/s1. The van der Waals surface area contributed by atoms with Crippen LogP contribution in [0.1, 0.15) is 194 Å². The summed E-state index contributed by atoms with van der Waals surface area (Å²) in [6, 6.07) is 0. The van der Waals surface area contributed by atoms with Crippen LogP contribution >= 0.6 is 0 Å². The van der Waals surface area contributed by atoms with Gasteiger partial charge in [0, 0.05) is 0 Å². The molecule has 4 unspecified atom stereocenters. The van der Waals surface area contributed by atoms with E-state index in [0.29, 0.717) is 19.3 Å². The van der Waals surface area contributed by atoms with Gasteiger partial charge in [-0.3, -0.25) is 9.59 Å². The number of aliphatic hydroxyl groups excluding tert-OH is 5. The van der Waals surface area contributed by atoms with Crippen molar-refractivity contribution in [2.24, 2.45) is 17.8 Å². The fourth-order valence-corrected chi connectivity index (χ4v) is 6.57. The van der Waals surface area contributed by atoms with Crippen molar-refractivity contribution < 1.29 is 39.9 Å². The molecule has 5 atom stereocenters. The number of hydrogen-bond acceptors (Lipinski definition) is 8. The van der Waals surface area contributed by atoms with Crippen LogP contribution < -0.4 is 0 Å². The van der Waals surface area contributed by atoms with Crippen molar-refractivity contribution in [3.8, 4) is 0 Å². The van der Waals surface area contributed by atoms with Crippen molar-refractivity contribution in [3.05, 3.63) is 12.2 Å². The molecule has 296 valence electrons. The number of hydrogen-bond donors (Lipinski definition) is 5. The summed E-state index contributed by atoms with van der Waals surface area (Å²) >= 11 is 0. The maximum atomic E-state index is 13.1. The number of allylic oxidation sites excluding steroid dienone is 1. The Bertz CT molecular complexity index is 801. The quantitative estimate of drug-likeness (QED) is 0.0187. The van der Waals surface area contributed by atoms with E-state index in [-0.39, 0.29) is 18.9 Å². The van der Waals surface area contributed by atoms with Gasteiger partial charge in [0.2, 0.25) is 0 Å². The minimum Gasteiger partial charge on any atom is -0.394 e. The third kappa shape index (κ3) is 30.3. The van der Waals surface area contributed by atoms with E-state index >= 15 is 0 Å². The van der Waals surface area contributed by atoms with Crippen molar-refractivity contribution in [1.82, 2.24) is 0 Å². The van der Waals surface area contributed by atoms with Crippen LogP contribution in [0, 0.1) is 17.8 Å². The summed E-state index contributed by atoms with van der Waals surface area (Å²) in [4.78, 5) is 26.2. The molecule has 0 spiro atoms. The predicted molar refractivity (Wildman–Crippen MR) is 205 cm³/mol. The summed E-state index contributed by atoms with van der Waals surface area (Å²) < 4.78 is 5.32. The number of aliphatic hydroxyl groups is 5. The minimum absolute atomic E-state index is 0.0220. The van der Waals surface area contributed by atoms with Gasteiger partial charge in [-0.05, 0) is 57.3 Å². The smallest absolute Gasteiger partial charge is 0.316 e. The van der Waals surface area contributed by atoms with E-state index in [1.807, 2.05) is 0 Å². The van der Waals surface area contributed by atoms with Gasteiger partial charge in [0.05, 0.1) is 43.4 Å². The van der Waals surface area contributed by atoms with Crippen molar-refractivity contribution in [2.45, 2.75) is 212 Å². The van der Waals surface area contributed by atoms with E-state index in [2.05, 4.69) is 32.9 Å². The van der Waals surface area contributed by atoms with Crippen LogP contribution in [0.4, 0.5) is 0 Å². The Hall–Kier alpha value is -1.32. The van der Waals surface area contributed by atoms with Crippen molar-refractivity contribution in [1.29, 1.82) is 0 Å². The van der Waals surface area contributed by atoms with E-state index in [1.54, 1.807) is 0 Å². The van der Waals surface area contributed by atoms with E-state index in [1.165, 1.54) is 70.6 Å². The number of rotatable bonds is 36. The number of unbranched alkanes of at least 4 members (excludes halogenated alkanes) is 17. The van der Waals surface area contributed by atoms with Crippen LogP contribution in [0.3, 0.4) is 0 Å². The van der Waals surface area contributed by atoms with Gasteiger partial charge in [-0.2, -0.15) is 0 Å². The molecule has 50 heavy (non-hydrogen) atoms. The summed E-state index contributed by atoms with van der Waals surface area (Å²) in [6.45, 7) is 5.82. The lowest BCUT2D eigenvalue weighted by Gasteiger charge is -2.21. The minimum atomic E-state index is -1.07. The zero-order chi connectivity index (χ0) is 37.2. The van der Waals surface area contributed by atoms with Crippen molar-refractivity contribution >= 4 is 11.9 Å². The normalized spacial score (nSPS) is 15.0. The van der Waals surface area contributed by atoms with Gasteiger partial charge in [-0.25, -0.2) is 0 Å². The third-order valence-electron chi connectivity index (χ3n) is 9.88. The van der Waals surface area contributed by atoms with Gasteiger partial charge in [0.15, 0.2) is 0 Å². The summed E-state index contributed by atoms with van der Waals surface area (Å²) in [5.41, 5.74) is 0. The zero-order valence-electron chi connectivity index (χ0n) is 32.6. The van der Waals surface area contributed by atoms with Crippen LogP contribution in [0.2, 0.25) is 0 Å². The van der Waals surface area contributed by atoms with Crippen LogP contribution in [-0.4, -0.2) is 69.0 Å². The molecular weight excluding hydrogens is 632 g/mol. The van der Waals surface area contributed by atoms with Crippen molar-refractivity contribution in [3.63, 3.8) is 0 Å². The number of carbonyl (C=O) groups is 2. The fraction of sp³-hybridized carbons (Fsp3) is 0.905. The molecule has 0 fully saturated rings. The highest BCUT2D eigenvalue weighted by atomic mass is 16.6. The molecule has 0 aromatic heterocycles. The molecule has 0 saturated carbocycles. The highest BCUT2D eigenvalue weighted by Gasteiger charge is 2.29. The van der Waals surface area contributed by atoms with E-state index < -0.39 is 49.2 Å². The molecule has 0 aliphatic heterocycles. The Balaban J connectivity index is 4.51. The number of esters is 2. The Kier molecular flexibility index (Phi) is 33.8. The van der Waals surface area contributed by atoms with E-state index in [9.17, 15) is 35.1 Å². The molecule has 0 radical (unpaired) electrons. The Morgan fingerprint density at radius 2 is 0.920 bits per heavy atom. The first kappa shape index (κ1) is 48.7. The molecule has 0 amide bonds. The lowest BCUT2D eigenvalue weighted by molar-refractivity contribution is -0.167. The molecule has 0 saturated heterocycles. The summed E-state index contributed by atoms with van der Waals surface area (Å²) in [7, 11) is 0.